The molecule has 1 aromatic heterocycles. The molecule has 1 aliphatic heterocycles. The number of carbonyl (C=O) groups is 2. The molecule has 0 unspecified atom stereocenters. The van der Waals surface area contributed by atoms with Gasteiger partial charge in [-0.15, -0.1) is 11.3 Å². The monoisotopic (exact) mass is 282 g/mol. The van der Waals surface area contributed by atoms with Gasteiger partial charge in [-0.3, -0.25) is 9.59 Å². The maximum Gasteiger partial charge on any atom is 0.306 e. The molecule has 19 heavy (non-hydrogen) atoms. The van der Waals surface area contributed by atoms with Gasteiger partial charge in [0.25, 0.3) is 5.91 Å². The Hall–Kier alpha value is -1.43. The molecule has 0 aliphatic carbocycles. The molecule has 0 aromatic carbocycles. The van der Waals surface area contributed by atoms with Gasteiger partial charge in [0.2, 0.25) is 0 Å². The molecule has 1 saturated heterocycles. The number of nitrogens with zero attached hydrogens (tertiary/aromatic N) is 2. The van der Waals surface area contributed by atoms with Crippen molar-refractivity contribution in [2.75, 3.05) is 13.1 Å². The molecule has 0 radical (unpaired) electrons. The second-order valence-corrected chi connectivity index (χ2v) is 6.02. The third-order valence-corrected chi connectivity index (χ3v) is 4.51. The smallest absolute Gasteiger partial charge is 0.306 e. The third-order valence-electron chi connectivity index (χ3n) is 3.37. The summed E-state index contributed by atoms with van der Waals surface area (Å²) in [7, 11) is 0. The molecular formula is C13H18N2O3S. The van der Waals surface area contributed by atoms with Crippen LogP contribution in [0.1, 0.15) is 48.1 Å². The molecule has 0 spiro atoms. The minimum Gasteiger partial charge on any atom is -0.481 e. The topological polar surface area (TPSA) is 70.5 Å². The van der Waals surface area contributed by atoms with Crippen LogP contribution >= 0.6 is 11.3 Å². The highest BCUT2D eigenvalue weighted by Gasteiger charge is 2.28. The largest absolute Gasteiger partial charge is 0.481 e. The standard InChI is InChI=1S/C13H18N2O3S/c1-8(2)11-14-10(7-19-11)12(16)15-5-3-9(4-6-15)13(17)18/h7-9H,3-6H2,1-2H3,(H,17,18). The number of carboxylic acid groups (broad SMARTS) is 1. The molecule has 1 aliphatic rings. The Balaban J connectivity index is 1.99. The first-order chi connectivity index (χ1) is 8.99. The van der Waals surface area contributed by atoms with Crippen LogP contribution in [0.2, 0.25) is 0 Å². The van der Waals surface area contributed by atoms with Crippen LogP contribution in [0.3, 0.4) is 0 Å². The number of hydrogen-bond acceptors (Lipinski definition) is 4. The van der Waals surface area contributed by atoms with E-state index in [1.165, 1.54) is 11.3 Å². The first kappa shape index (κ1) is 14.0. The van der Waals surface area contributed by atoms with Crippen LogP contribution in [0.15, 0.2) is 5.38 Å². The summed E-state index contributed by atoms with van der Waals surface area (Å²) in [6.45, 7) is 5.10. The van der Waals surface area contributed by atoms with E-state index in [1.54, 1.807) is 10.3 Å². The van der Waals surface area contributed by atoms with Crippen molar-refractivity contribution >= 4 is 23.2 Å². The molecule has 0 saturated carbocycles. The summed E-state index contributed by atoms with van der Waals surface area (Å²) >= 11 is 1.50. The summed E-state index contributed by atoms with van der Waals surface area (Å²) in [6, 6.07) is 0. The van der Waals surface area contributed by atoms with E-state index < -0.39 is 5.97 Å². The SMILES string of the molecule is CC(C)c1nc(C(=O)N2CCC(C(=O)O)CC2)cs1. The number of carbonyl (C=O) groups excluding carboxylic acids is 1. The van der Waals surface area contributed by atoms with Crippen molar-refractivity contribution in [1.82, 2.24) is 9.88 Å². The highest BCUT2D eigenvalue weighted by atomic mass is 32.1. The fourth-order valence-corrected chi connectivity index (χ4v) is 2.95. The number of aliphatic carboxylic acids is 1. The Bertz CT molecular complexity index is 476. The van der Waals surface area contributed by atoms with Crippen molar-refractivity contribution in [3.8, 4) is 0 Å². The van der Waals surface area contributed by atoms with Gasteiger partial charge >= 0.3 is 5.97 Å². The number of hydrogen-bond donors (Lipinski definition) is 1. The fraction of sp³-hybridized carbons (Fsp3) is 0.615. The lowest BCUT2D eigenvalue weighted by atomic mass is 9.97. The van der Waals surface area contributed by atoms with Crippen molar-refractivity contribution in [3.63, 3.8) is 0 Å². The zero-order valence-electron chi connectivity index (χ0n) is 11.1. The van der Waals surface area contributed by atoms with Crippen LogP contribution in [0.25, 0.3) is 0 Å². The molecule has 1 N–H and O–H groups in total. The summed E-state index contributed by atoms with van der Waals surface area (Å²) in [4.78, 5) is 29.2. The van der Waals surface area contributed by atoms with Crippen molar-refractivity contribution < 1.29 is 14.7 Å². The maximum atomic E-state index is 12.2. The Morgan fingerprint density at radius 1 is 1.42 bits per heavy atom. The zero-order valence-corrected chi connectivity index (χ0v) is 11.9. The van der Waals surface area contributed by atoms with Gasteiger partial charge in [-0.1, -0.05) is 13.8 Å². The average Bonchev–Trinajstić information content (AvgIpc) is 2.87. The fourth-order valence-electron chi connectivity index (χ4n) is 2.14. The molecule has 6 heteroatoms. The zero-order chi connectivity index (χ0) is 14.0. The minimum atomic E-state index is -0.761. The van der Waals surface area contributed by atoms with E-state index in [0.29, 0.717) is 37.5 Å². The highest BCUT2D eigenvalue weighted by molar-refractivity contribution is 7.09. The number of carboxylic acids is 1. The number of piperidine rings is 1. The van der Waals surface area contributed by atoms with E-state index in [-0.39, 0.29) is 11.8 Å². The van der Waals surface area contributed by atoms with Gasteiger partial charge in [0.1, 0.15) is 5.69 Å². The van der Waals surface area contributed by atoms with E-state index in [1.807, 2.05) is 13.8 Å². The van der Waals surface area contributed by atoms with Gasteiger partial charge in [0.15, 0.2) is 0 Å². The normalized spacial score (nSPS) is 16.9. The Morgan fingerprint density at radius 3 is 2.53 bits per heavy atom. The van der Waals surface area contributed by atoms with Crippen molar-refractivity contribution in [3.05, 3.63) is 16.1 Å². The van der Waals surface area contributed by atoms with Gasteiger partial charge in [-0.25, -0.2) is 4.98 Å². The first-order valence-corrected chi connectivity index (χ1v) is 7.34. The molecule has 2 heterocycles. The molecule has 0 atom stereocenters. The first-order valence-electron chi connectivity index (χ1n) is 6.46. The summed E-state index contributed by atoms with van der Waals surface area (Å²) < 4.78 is 0. The quantitative estimate of drug-likeness (QED) is 0.922. The van der Waals surface area contributed by atoms with Crippen LogP contribution in [0.4, 0.5) is 0 Å². The summed E-state index contributed by atoms with van der Waals surface area (Å²) in [5.41, 5.74) is 0.488. The molecule has 0 bridgehead atoms. The van der Waals surface area contributed by atoms with Gasteiger partial charge < -0.3 is 10.0 Å². The molecule has 2 rings (SSSR count). The number of likely N-dealkylation sites (tertiary alicyclic amines) is 1. The molecule has 1 fully saturated rings. The second kappa shape index (κ2) is 5.69. The van der Waals surface area contributed by atoms with E-state index >= 15 is 0 Å². The predicted octanol–water partition coefficient (Wildman–Crippen LogP) is 2.20. The van der Waals surface area contributed by atoms with Gasteiger partial charge in [0, 0.05) is 24.4 Å². The van der Waals surface area contributed by atoms with Crippen LogP contribution in [0.5, 0.6) is 0 Å². The van der Waals surface area contributed by atoms with E-state index in [2.05, 4.69) is 4.98 Å². The molecule has 104 valence electrons. The Labute approximate surface area is 116 Å². The van der Waals surface area contributed by atoms with Gasteiger partial charge in [-0.2, -0.15) is 0 Å². The Morgan fingerprint density at radius 2 is 2.05 bits per heavy atom. The summed E-state index contributed by atoms with van der Waals surface area (Å²) in [5, 5.41) is 11.7. The minimum absolute atomic E-state index is 0.0769. The summed E-state index contributed by atoms with van der Waals surface area (Å²) in [5.74, 6) is -0.829. The number of rotatable bonds is 3. The van der Waals surface area contributed by atoms with Crippen LogP contribution < -0.4 is 0 Å². The lowest BCUT2D eigenvalue weighted by molar-refractivity contribution is -0.143. The van der Waals surface area contributed by atoms with E-state index in [0.717, 1.165) is 5.01 Å². The number of aromatic nitrogens is 1. The number of thiazole rings is 1. The van der Waals surface area contributed by atoms with E-state index in [4.69, 9.17) is 5.11 Å². The molecule has 1 aromatic rings. The van der Waals surface area contributed by atoms with Crippen molar-refractivity contribution in [2.24, 2.45) is 5.92 Å². The lowest BCUT2D eigenvalue weighted by Crippen LogP contribution is -2.40. The Kier molecular flexibility index (Phi) is 4.19. The third kappa shape index (κ3) is 3.12. The van der Waals surface area contributed by atoms with Crippen LogP contribution in [-0.2, 0) is 4.79 Å². The predicted molar refractivity (Wildman–Crippen MR) is 72.5 cm³/mol. The second-order valence-electron chi connectivity index (χ2n) is 5.13. The molecular weight excluding hydrogens is 264 g/mol. The molecule has 5 nitrogen and oxygen atoms in total. The number of amides is 1. The maximum absolute atomic E-state index is 12.2. The van der Waals surface area contributed by atoms with Crippen LogP contribution in [0, 0.1) is 5.92 Å². The van der Waals surface area contributed by atoms with Crippen LogP contribution in [-0.4, -0.2) is 40.0 Å². The van der Waals surface area contributed by atoms with Gasteiger partial charge in [-0.05, 0) is 12.8 Å². The van der Waals surface area contributed by atoms with E-state index in [9.17, 15) is 9.59 Å². The average molecular weight is 282 g/mol. The summed E-state index contributed by atoms with van der Waals surface area (Å²) in [6.07, 6.45) is 1.06. The highest BCUT2D eigenvalue weighted by Crippen LogP contribution is 2.22. The van der Waals surface area contributed by atoms with Crippen molar-refractivity contribution in [2.45, 2.75) is 32.6 Å². The lowest BCUT2D eigenvalue weighted by Gasteiger charge is -2.29. The van der Waals surface area contributed by atoms with Gasteiger partial charge in [0.05, 0.1) is 10.9 Å². The van der Waals surface area contributed by atoms with Crippen molar-refractivity contribution in [1.29, 1.82) is 0 Å². The molecule has 1 amide bonds.